The second kappa shape index (κ2) is 15.8. The summed E-state index contributed by atoms with van der Waals surface area (Å²) in [4.78, 5) is 20.0. The number of rotatable bonds is 15. The largest absolute Gasteiger partial charge is 0.542 e. The van der Waals surface area contributed by atoms with Crippen LogP contribution in [0, 0.1) is 0 Å². The lowest BCUT2D eigenvalue weighted by atomic mass is 10.0. The zero-order valence-corrected chi connectivity index (χ0v) is 23.0. The van der Waals surface area contributed by atoms with Crippen LogP contribution >= 0.6 is 0 Å². The van der Waals surface area contributed by atoms with Gasteiger partial charge in [0, 0.05) is 7.05 Å². The molecule has 13 heteroatoms. The molecule has 0 radical (unpaired) electrons. The SMILES string of the molecule is CCCCCCCCc1cccc(N(C)S(=O)(=O)N[C@H](CC(=O)O)C[N+](C)(C)C)c1.O=C([O-])C(F)(F)F. The molecule has 37 heavy (non-hydrogen) atoms. The van der Waals surface area contributed by atoms with Gasteiger partial charge in [-0.25, -0.2) is 0 Å². The number of anilines is 1. The molecule has 0 aliphatic heterocycles. The van der Waals surface area contributed by atoms with E-state index in [-0.39, 0.29) is 6.42 Å². The normalized spacial score (nSPS) is 12.9. The third-order valence-electron chi connectivity index (χ3n) is 5.19. The summed E-state index contributed by atoms with van der Waals surface area (Å²) in [5, 5.41) is 17.9. The number of benzene rings is 1. The van der Waals surface area contributed by atoms with Crippen LogP contribution in [0.15, 0.2) is 24.3 Å². The molecule has 9 nitrogen and oxygen atoms in total. The van der Waals surface area contributed by atoms with Gasteiger partial charge in [-0.2, -0.15) is 26.3 Å². The smallest absolute Gasteiger partial charge is 0.430 e. The average Bonchev–Trinajstić information content (AvgIpc) is 2.73. The van der Waals surface area contributed by atoms with Crippen LogP contribution < -0.4 is 14.1 Å². The highest BCUT2D eigenvalue weighted by Gasteiger charge is 2.29. The molecule has 0 amide bonds. The van der Waals surface area contributed by atoms with E-state index in [0.717, 1.165) is 18.4 Å². The van der Waals surface area contributed by atoms with E-state index in [1.54, 1.807) is 6.07 Å². The molecule has 0 saturated heterocycles. The molecule has 0 spiro atoms. The Kier molecular flexibility index (Phi) is 14.8. The number of alkyl halides is 3. The molecule has 1 aromatic carbocycles. The molecule has 0 aliphatic carbocycles. The second-order valence-corrected chi connectivity index (χ2v) is 11.6. The summed E-state index contributed by atoms with van der Waals surface area (Å²) in [6.45, 7) is 2.58. The van der Waals surface area contributed by atoms with Gasteiger partial charge in [0.2, 0.25) is 0 Å². The Morgan fingerprint density at radius 2 is 1.65 bits per heavy atom. The number of carboxylic acids is 2. The van der Waals surface area contributed by atoms with E-state index < -0.39 is 34.4 Å². The Morgan fingerprint density at radius 3 is 2.14 bits per heavy atom. The Morgan fingerprint density at radius 1 is 1.11 bits per heavy atom. The Bertz CT molecular complexity index is 950. The molecule has 0 unspecified atom stereocenters. The van der Waals surface area contributed by atoms with Gasteiger partial charge in [-0.1, -0.05) is 51.2 Å². The summed E-state index contributed by atoms with van der Waals surface area (Å²) in [5.74, 6) is -4.03. The van der Waals surface area contributed by atoms with Gasteiger partial charge in [-0.3, -0.25) is 9.10 Å². The summed E-state index contributed by atoms with van der Waals surface area (Å²) in [6, 6.07) is 6.86. The molecule has 0 aromatic heterocycles. The molecular formula is C24H40F3N3O6S. The van der Waals surface area contributed by atoms with Crippen molar-refractivity contribution >= 4 is 27.8 Å². The van der Waals surface area contributed by atoms with E-state index in [4.69, 9.17) is 15.0 Å². The first-order chi connectivity index (χ1) is 16.9. The van der Waals surface area contributed by atoms with Crippen molar-refractivity contribution in [2.45, 2.75) is 70.5 Å². The number of aliphatic carboxylic acids is 2. The summed E-state index contributed by atoms with van der Waals surface area (Å²) in [7, 11) is 3.33. The molecular weight excluding hydrogens is 515 g/mol. The molecule has 0 bridgehead atoms. The first-order valence-electron chi connectivity index (χ1n) is 12.0. The maximum Gasteiger partial charge on any atom is 0.430 e. The van der Waals surface area contributed by atoms with E-state index in [1.807, 2.05) is 39.3 Å². The fraction of sp³-hybridized carbons (Fsp3) is 0.667. The standard InChI is InChI=1S/C22H39N3O4S.C2HF3O2/c1-6-7-8-9-10-11-13-19-14-12-15-21(16-19)24(2)30(28,29)23-20(17-22(26)27)18-25(3,4)5;3-2(4,5)1(6)7/h12,14-16,20,23H,6-11,13,17-18H2,1-5H3;(H,6,7)/t20-;/m1./s1. The highest BCUT2D eigenvalue weighted by molar-refractivity contribution is 7.90. The number of carbonyl (C=O) groups is 2. The van der Waals surface area contributed by atoms with Gasteiger partial charge in [0.15, 0.2) is 0 Å². The third-order valence-corrected chi connectivity index (χ3v) is 6.75. The molecule has 0 aliphatic rings. The number of quaternary nitrogens is 1. The number of nitrogens with one attached hydrogen (secondary N) is 1. The molecule has 0 heterocycles. The molecule has 214 valence electrons. The maximum absolute atomic E-state index is 12.9. The maximum atomic E-state index is 12.9. The van der Waals surface area contributed by atoms with Crippen LogP contribution in [0.4, 0.5) is 18.9 Å². The number of hydrogen-bond donors (Lipinski definition) is 2. The van der Waals surface area contributed by atoms with Crippen molar-refractivity contribution < 1.29 is 45.9 Å². The summed E-state index contributed by atoms with van der Waals surface area (Å²) in [6.07, 6.45) is 2.76. The van der Waals surface area contributed by atoms with Gasteiger partial charge in [0.25, 0.3) is 0 Å². The Hall–Kier alpha value is -2.38. The van der Waals surface area contributed by atoms with Crippen molar-refractivity contribution in [1.82, 2.24) is 4.72 Å². The minimum Gasteiger partial charge on any atom is -0.542 e. The van der Waals surface area contributed by atoms with E-state index in [1.165, 1.54) is 43.5 Å². The number of aryl methyl sites for hydroxylation is 1. The van der Waals surface area contributed by atoms with E-state index in [9.17, 15) is 26.4 Å². The van der Waals surface area contributed by atoms with Gasteiger partial charge in [0.05, 0.1) is 45.8 Å². The molecule has 1 aromatic rings. The lowest BCUT2D eigenvalue weighted by Crippen LogP contribution is -2.52. The number of hydrogen-bond acceptors (Lipinski definition) is 5. The van der Waals surface area contributed by atoms with Crippen molar-refractivity contribution in [3.8, 4) is 0 Å². The molecule has 1 rings (SSSR count). The van der Waals surface area contributed by atoms with Gasteiger partial charge < -0.3 is 19.5 Å². The minimum atomic E-state index is -5.19. The van der Waals surface area contributed by atoms with Gasteiger partial charge in [-0.15, -0.1) is 0 Å². The van der Waals surface area contributed by atoms with Crippen LogP contribution in [0.3, 0.4) is 0 Å². The quantitative estimate of drug-likeness (QED) is 0.253. The monoisotopic (exact) mass is 555 g/mol. The lowest BCUT2D eigenvalue weighted by molar-refractivity contribution is -0.871. The second-order valence-electron chi connectivity index (χ2n) is 9.83. The third kappa shape index (κ3) is 16.2. The molecule has 1 atom stereocenters. The van der Waals surface area contributed by atoms with Crippen LogP contribution in [-0.4, -0.2) is 76.9 Å². The van der Waals surface area contributed by atoms with Crippen LogP contribution in [0.2, 0.25) is 0 Å². The summed E-state index contributed by atoms with van der Waals surface area (Å²) < 4.78 is 61.6. The van der Waals surface area contributed by atoms with E-state index >= 15 is 0 Å². The fourth-order valence-corrected chi connectivity index (χ4v) is 4.59. The Labute approximate surface area is 218 Å². The molecule has 0 fully saturated rings. The first kappa shape index (κ1) is 34.6. The van der Waals surface area contributed by atoms with Crippen molar-refractivity contribution in [3.05, 3.63) is 29.8 Å². The van der Waals surface area contributed by atoms with E-state index in [2.05, 4.69) is 11.6 Å². The molecule has 0 saturated carbocycles. The molecule has 2 N–H and O–H groups in total. The number of carbonyl (C=O) groups excluding carboxylic acids is 1. The van der Waals surface area contributed by atoms with Crippen LogP contribution in [0.1, 0.15) is 57.4 Å². The number of unbranched alkanes of at least 4 members (excludes halogenated alkanes) is 5. The number of nitrogens with zero attached hydrogens (tertiary/aromatic N) is 2. The van der Waals surface area contributed by atoms with Crippen molar-refractivity contribution in [2.75, 3.05) is 39.0 Å². The summed E-state index contributed by atoms with van der Waals surface area (Å²) in [5.41, 5.74) is 1.68. The first-order valence-corrected chi connectivity index (χ1v) is 13.5. The van der Waals surface area contributed by atoms with E-state index in [0.29, 0.717) is 16.7 Å². The zero-order valence-electron chi connectivity index (χ0n) is 22.2. The predicted octanol–water partition coefficient (Wildman–Crippen LogP) is 2.71. The van der Waals surface area contributed by atoms with Crippen LogP contribution in [0.25, 0.3) is 0 Å². The fourth-order valence-electron chi connectivity index (χ4n) is 3.46. The zero-order chi connectivity index (χ0) is 28.9. The van der Waals surface area contributed by atoms with Crippen molar-refractivity contribution in [2.24, 2.45) is 0 Å². The van der Waals surface area contributed by atoms with Crippen LogP contribution in [0.5, 0.6) is 0 Å². The van der Waals surface area contributed by atoms with Crippen molar-refractivity contribution in [3.63, 3.8) is 0 Å². The van der Waals surface area contributed by atoms with Gasteiger partial charge in [0.1, 0.15) is 5.97 Å². The highest BCUT2D eigenvalue weighted by atomic mass is 32.2. The Balaban J connectivity index is 0.00000161. The van der Waals surface area contributed by atoms with Gasteiger partial charge >= 0.3 is 22.4 Å². The highest BCUT2D eigenvalue weighted by Crippen LogP contribution is 2.20. The summed E-state index contributed by atoms with van der Waals surface area (Å²) >= 11 is 0. The van der Waals surface area contributed by atoms with Crippen molar-refractivity contribution in [1.29, 1.82) is 0 Å². The topological polar surface area (TPSA) is 127 Å². The van der Waals surface area contributed by atoms with Gasteiger partial charge in [-0.05, 0) is 30.5 Å². The minimum absolute atomic E-state index is 0.263. The predicted molar refractivity (Wildman–Crippen MR) is 134 cm³/mol. The average molecular weight is 556 g/mol. The number of likely N-dealkylation sites (N-methyl/N-ethyl adjacent to an activating group) is 1. The number of halogens is 3. The number of carboxylic acid groups (broad SMARTS) is 2. The van der Waals surface area contributed by atoms with Crippen LogP contribution in [-0.2, 0) is 26.2 Å². The lowest BCUT2D eigenvalue weighted by Gasteiger charge is -2.30.